The SMILES string of the molecule is Cc1cc(S(=O)(=O)NC(=O)c2ccc(N3CCC(Cc4ccccc4-c4ccccc4)(OCCN4CCCCC4)CC3)cc2)ccc1NC(C)(C)CSc1ccccc1. The number of nitrogens with zero attached hydrogens (tertiary/aromatic N) is 2. The van der Waals surface area contributed by atoms with Crippen LogP contribution >= 0.6 is 11.8 Å². The number of carbonyl (C=O) groups is 1. The largest absolute Gasteiger partial charge is 0.379 e. The number of anilines is 2. The first-order valence-electron chi connectivity index (χ1n) is 21.0. The molecule has 0 unspecified atom stereocenters. The molecular formula is C49H58N4O4S2. The molecule has 0 aliphatic carbocycles. The highest BCUT2D eigenvalue weighted by atomic mass is 32.2. The van der Waals surface area contributed by atoms with Crippen LogP contribution in [0.25, 0.3) is 11.1 Å². The Labute approximate surface area is 355 Å². The number of likely N-dealkylation sites (tertiary alicyclic amines) is 1. The second-order valence-electron chi connectivity index (χ2n) is 16.7. The normalized spacial score (nSPS) is 16.1. The Morgan fingerprint density at radius 1 is 0.797 bits per heavy atom. The topological polar surface area (TPSA) is 91.0 Å². The molecule has 2 aliphatic rings. The molecule has 0 radical (unpaired) electrons. The maximum absolute atomic E-state index is 13.4. The average molecular weight is 831 g/mol. The smallest absolute Gasteiger partial charge is 0.264 e. The maximum Gasteiger partial charge on any atom is 0.264 e. The van der Waals surface area contributed by atoms with Gasteiger partial charge in [-0.25, -0.2) is 13.1 Å². The Bertz CT molecular complexity index is 2250. The number of thioether (sulfide) groups is 1. The molecule has 2 heterocycles. The lowest BCUT2D eigenvalue weighted by molar-refractivity contribution is -0.0683. The van der Waals surface area contributed by atoms with Gasteiger partial charge in [-0.1, -0.05) is 79.2 Å². The van der Waals surface area contributed by atoms with Crippen molar-refractivity contribution in [2.24, 2.45) is 0 Å². The second-order valence-corrected chi connectivity index (χ2v) is 19.4. The van der Waals surface area contributed by atoms with Crippen molar-refractivity contribution in [1.29, 1.82) is 0 Å². The van der Waals surface area contributed by atoms with Crippen molar-refractivity contribution >= 4 is 39.1 Å². The van der Waals surface area contributed by atoms with Crippen molar-refractivity contribution < 1.29 is 17.9 Å². The molecule has 0 bridgehead atoms. The van der Waals surface area contributed by atoms with E-state index >= 15 is 0 Å². The van der Waals surface area contributed by atoms with E-state index in [1.54, 1.807) is 42.1 Å². The molecule has 10 heteroatoms. The quantitative estimate of drug-likeness (QED) is 0.0951. The third-order valence-corrected chi connectivity index (χ3v) is 14.4. The maximum atomic E-state index is 13.4. The molecule has 59 heavy (non-hydrogen) atoms. The first-order valence-corrected chi connectivity index (χ1v) is 23.4. The van der Waals surface area contributed by atoms with Gasteiger partial charge in [0.05, 0.1) is 17.1 Å². The molecule has 2 fully saturated rings. The van der Waals surface area contributed by atoms with Crippen LogP contribution in [0.15, 0.2) is 137 Å². The highest BCUT2D eigenvalue weighted by molar-refractivity contribution is 7.99. The summed E-state index contributed by atoms with van der Waals surface area (Å²) in [5.74, 6) is 0.161. The van der Waals surface area contributed by atoms with Gasteiger partial charge in [-0.15, -0.1) is 11.8 Å². The van der Waals surface area contributed by atoms with E-state index in [9.17, 15) is 13.2 Å². The summed E-state index contributed by atoms with van der Waals surface area (Å²) in [7, 11) is -4.10. The number of hydrogen-bond acceptors (Lipinski definition) is 8. The average Bonchev–Trinajstić information content (AvgIpc) is 3.25. The molecule has 5 aromatic carbocycles. The summed E-state index contributed by atoms with van der Waals surface area (Å²) in [5.41, 5.74) is 6.14. The van der Waals surface area contributed by atoms with E-state index in [1.165, 1.54) is 40.8 Å². The fourth-order valence-electron chi connectivity index (χ4n) is 8.23. The lowest BCUT2D eigenvalue weighted by Crippen LogP contribution is -2.48. The van der Waals surface area contributed by atoms with Gasteiger partial charge in [0.1, 0.15) is 0 Å². The van der Waals surface area contributed by atoms with Crippen LogP contribution in [0.1, 0.15) is 67.4 Å². The summed E-state index contributed by atoms with van der Waals surface area (Å²) in [6.07, 6.45) is 6.42. The van der Waals surface area contributed by atoms with Gasteiger partial charge in [-0.3, -0.25) is 4.79 Å². The van der Waals surface area contributed by atoms with Crippen LogP contribution in [0.2, 0.25) is 0 Å². The fraction of sp³-hybridized carbons (Fsp3) is 0.367. The van der Waals surface area contributed by atoms with Crippen LogP contribution in [-0.4, -0.2) is 75.4 Å². The molecule has 1 amide bonds. The number of benzene rings is 5. The van der Waals surface area contributed by atoms with Crippen molar-refractivity contribution in [3.63, 3.8) is 0 Å². The molecule has 2 saturated heterocycles. The van der Waals surface area contributed by atoms with E-state index in [2.05, 4.69) is 100 Å². The van der Waals surface area contributed by atoms with Crippen LogP contribution in [-0.2, 0) is 21.2 Å². The summed E-state index contributed by atoms with van der Waals surface area (Å²) in [6, 6.07) is 41.7. The van der Waals surface area contributed by atoms with Crippen LogP contribution in [0.3, 0.4) is 0 Å². The number of aryl methyl sites for hydroxylation is 1. The zero-order valence-electron chi connectivity index (χ0n) is 34.7. The molecule has 0 saturated carbocycles. The van der Waals surface area contributed by atoms with Gasteiger partial charge in [0.2, 0.25) is 0 Å². The van der Waals surface area contributed by atoms with Gasteiger partial charge in [0, 0.05) is 59.2 Å². The van der Waals surface area contributed by atoms with Crippen LogP contribution in [0.5, 0.6) is 0 Å². The summed E-state index contributed by atoms with van der Waals surface area (Å²) >= 11 is 1.76. The molecule has 0 aromatic heterocycles. The van der Waals surface area contributed by atoms with E-state index in [0.29, 0.717) is 6.61 Å². The number of sulfonamides is 1. The van der Waals surface area contributed by atoms with Gasteiger partial charge in [0.15, 0.2) is 0 Å². The number of ether oxygens (including phenoxy) is 1. The van der Waals surface area contributed by atoms with Crippen LogP contribution < -0.4 is 14.9 Å². The first-order chi connectivity index (χ1) is 28.5. The third-order valence-electron chi connectivity index (χ3n) is 11.6. The van der Waals surface area contributed by atoms with Crippen molar-refractivity contribution in [3.05, 3.63) is 144 Å². The molecular weight excluding hydrogens is 773 g/mol. The molecule has 5 aromatic rings. The summed E-state index contributed by atoms with van der Waals surface area (Å²) in [4.78, 5) is 19.4. The Hall–Kier alpha value is -4.61. The Balaban J connectivity index is 0.973. The predicted octanol–water partition coefficient (Wildman–Crippen LogP) is 9.85. The van der Waals surface area contributed by atoms with Crippen LogP contribution in [0.4, 0.5) is 11.4 Å². The second kappa shape index (κ2) is 19.2. The molecule has 0 spiro atoms. The van der Waals surface area contributed by atoms with Crippen molar-refractivity contribution in [3.8, 4) is 11.1 Å². The van der Waals surface area contributed by atoms with E-state index in [0.717, 1.165) is 74.7 Å². The Morgan fingerprint density at radius 3 is 2.15 bits per heavy atom. The summed E-state index contributed by atoms with van der Waals surface area (Å²) in [5, 5.41) is 3.56. The molecule has 2 N–H and O–H groups in total. The van der Waals surface area contributed by atoms with Crippen molar-refractivity contribution in [2.45, 2.75) is 80.2 Å². The number of hydrogen-bond donors (Lipinski definition) is 2. The Morgan fingerprint density at radius 2 is 1.46 bits per heavy atom. The minimum atomic E-state index is -4.10. The highest BCUT2D eigenvalue weighted by Gasteiger charge is 2.37. The monoisotopic (exact) mass is 830 g/mol. The summed E-state index contributed by atoms with van der Waals surface area (Å²) < 4.78 is 36.1. The van der Waals surface area contributed by atoms with Gasteiger partial charge in [-0.2, -0.15) is 0 Å². The van der Waals surface area contributed by atoms with E-state index in [4.69, 9.17) is 4.74 Å². The number of carbonyl (C=O) groups excluding carboxylic acids is 1. The Kier molecular flexibility index (Phi) is 13.8. The van der Waals surface area contributed by atoms with Gasteiger partial charge < -0.3 is 19.9 Å². The summed E-state index contributed by atoms with van der Waals surface area (Å²) in [6.45, 7) is 11.7. The van der Waals surface area contributed by atoms with E-state index < -0.39 is 15.9 Å². The van der Waals surface area contributed by atoms with Crippen molar-refractivity contribution in [1.82, 2.24) is 9.62 Å². The van der Waals surface area contributed by atoms with Crippen molar-refractivity contribution in [2.75, 3.05) is 55.3 Å². The zero-order valence-corrected chi connectivity index (χ0v) is 36.3. The molecule has 8 nitrogen and oxygen atoms in total. The molecule has 7 rings (SSSR count). The number of piperidine rings is 2. The predicted molar refractivity (Wildman–Crippen MR) is 243 cm³/mol. The third kappa shape index (κ3) is 11.4. The standard InChI is InChI=1S/C49H58N4O4S2/c1-38-35-44(25-26-46(38)50-48(2,3)37-58-43-18-9-5-10-19-43)59(55,56)51-47(54)40-21-23-42(24-22-40)53-31-27-49(28-32-53,57-34-33-52-29-13-6-14-30-52)36-41-17-11-12-20-45(41)39-15-7-4-8-16-39/h4-5,7-12,15-26,35,50H,6,13-14,27-34,36-37H2,1-3H3,(H,51,54). The minimum absolute atomic E-state index is 0.0447. The number of rotatable bonds is 16. The minimum Gasteiger partial charge on any atom is -0.379 e. The number of amides is 1. The number of nitrogens with one attached hydrogen (secondary N) is 2. The zero-order chi connectivity index (χ0) is 41.3. The van der Waals surface area contributed by atoms with Gasteiger partial charge in [-0.05, 0) is 136 Å². The lowest BCUT2D eigenvalue weighted by Gasteiger charge is -2.43. The van der Waals surface area contributed by atoms with E-state index in [1.807, 2.05) is 37.3 Å². The van der Waals surface area contributed by atoms with E-state index in [-0.39, 0.29) is 21.6 Å². The first kappa shape index (κ1) is 42.5. The van der Waals surface area contributed by atoms with Gasteiger partial charge in [0.25, 0.3) is 15.9 Å². The lowest BCUT2D eigenvalue weighted by atomic mass is 9.82. The van der Waals surface area contributed by atoms with Gasteiger partial charge >= 0.3 is 0 Å². The highest BCUT2D eigenvalue weighted by Crippen LogP contribution is 2.36. The molecule has 2 aliphatic heterocycles. The fourth-order valence-corrected chi connectivity index (χ4v) is 10.2. The van der Waals surface area contributed by atoms with Crippen LogP contribution in [0, 0.1) is 6.92 Å². The molecule has 310 valence electrons. The molecule has 0 atom stereocenters.